The predicted molar refractivity (Wildman–Crippen MR) is 120 cm³/mol. The number of hydrogen-bond acceptors (Lipinski definition) is 4. The van der Waals surface area contributed by atoms with Gasteiger partial charge in [-0.25, -0.2) is 12.8 Å². The zero-order valence-corrected chi connectivity index (χ0v) is 18.2. The second kappa shape index (κ2) is 8.96. The lowest BCUT2D eigenvalue weighted by Crippen LogP contribution is -2.32. The molecular weight excluding hydrogens is 429 g/mol. The van der Waals surface area contributed by atoms with Gasteiger partial charge in [-0.05, 0) is 59.2 Å². The van der Waals surface area contributed by atoms with Gasteiger partial charge in [-0.3, -0.25) is 4.79 Å². The quantitative estimate of drug-likeness (QED) is 0.411. The topological polar surface area (TPSA) is 76.4 Å². The average molecular weight is 452 g/mol. The number of benzene rings is 3. The number of fused-ring (bicyclic) bond motifs is 1. The highest BCUT2D eigenvalue weighted by Gasteiger charge is 2.32. The number of rotatable bonds is 7. The number of carbonyl (C=O) groups is 1. The lowest BCUT2D eigenvalue weighted by atomic mass is 10.0. The van der Waals surface area contributed by atoms with Crippen LogP contribution in [0.1, 0.15) is 22.1 Å². The van der Waals surface area contributed by atoms with Crippen molar-refractivity contribution in [2.24, 2.45) is 0 Å². The zero-order valence-electron chi connectivity index (χ0n) is 17.4. The molecule has 1 amide bonds. The van der Waals surface area contributed by atoms with Gasteiger partial charge in [0, 0.05) is 6.54 Å². The number of aryl methyl sites for hydroxylation is 1. The van der Waals surface area contributed by atoms with Crippen LogP contribution in [0.4, 0.5) is 4.39 Å². The second-order valence-electron chi connectivity index (χ2n) is 7.58. The summed E-state index contributed by atoms with van der Waals surface area (Å²) in [7, 11) is -3.94. The van der Waals surface area contributed by atoms with Gasteiger partial charge in [0.25, 0.3) is 0 Å². The molecule has 0 saturated heterocycles. The molecule has 4 aromatic rings. The van der Waals surface area contributed by atoms with E-state index in [1.165, 1.54) is 25.3 Å². The van der Waals surface area contributed by atoms with Crippen molar-refractivity contribution >= 4 is 26.5 Å². The fourth-order valence-corrected chi connectivity index (χ4v) is 5.35. The summed E-state index contributed by atoms with van der Waals surface area (Å²) < 4.78 is 45.6. The first kappa shape index (κ1) is 21.8. The number of carbonyl (C=O) groups excluding carboxylic acids is 1. The monoisotopic (exact) mass is 451 g/mol. The minimum atomic E-state index is -3.94. The first-order valence-electron chi connectivity index (χ1n) is 10.1. The molecule has 0 aliphatic carbocycles. The fraction of sp³-hybridized carbons (Fsp3) is 0.160. The molecule has 1 atom stereocenters. The molecule has 4 rings (SSSR count). The van der Waals surface area contributed by atoms with Crippen molar-refractivity contribution in [3.8, 4) is 0 Å². The summed E-state index contributed by atoms with van der Waals surface area (Å²) in [5.74, 6) is -0.581. The van der Waals surface area contributed by atoms with E-state index >= 15 is 0 Å². The average Bonchev–Trinajstić information content (AvgIpc) is 3.30. The molecule has 32 heavy (non-hydrogen) atoms. The Hall–Kier alpha value is -3.45. The molecule has 0 aliphatic heterocycles. The number of nitrogens with one attached hydrogen (secondary N) is 1. The van der Waals surface area contributed by atoms with E-state index in [0.29, 0.717) is 0 Å². The normalized spacial score (nSPS) is 12.6. The summed E-state index contributed by atoms with van der Waals surface area (Å²) in [6.45, 7) is 1.33. The van der Waals surface area contributed by atoms with Crippen LogP contribution in [0.15, 0.2) is 88.4 Å². The minimum absolute atomic E-state index is 0.0268. The summed E-state index contributed by atoms with van der Waals surface area (Å²) in [5.41, 5.74) is 1.08. The summed E-state index contributed by atoms with van der Waals surface area (Å²) in [5, 5.41) is 3.60. The van der Waals surface area contributed by atoms with E-state index in [1.54, 1.807) is 12.1 Å². The molecule has 5 nitrogen and oxygen atoms in total. The van der Waals surface area contributed by atoms with E-state index in [1.807, 2.05) is 42.5 Å². The summed E-state index contributed by atoms with van der Waals surface area (Å²) >= 11 is 0. The fourth-order valence-electron chi connectivity index (χ4n) is 3.68. The Morgan fingerprint density at radius 2 is 1.81 bits per heavy atom. The third-order valence-electron chi connectivity index (χ3n) is 5.41. The van der Waals surface area contributed by atoms with Crippen LogP contribution in [0.3, 0.4) is 0 Å². The number of hydrogen-bond donors (Lipinski definition) is 1. The zero-order chi connectivity index (χ0) is 22.7. The maximum Gasteiger partial charge on any atom is 0.224 e. The van der Waals surface area contributed by atoms with Gasteiger partial charge in [0.15, 0.2) is 9.84 Å². The Kier molecular flexibility index (Phi) is 6.10. The standard InChI is InChI=1S/C25H22FNO4S/c1-17-14-20(11-12-22(17)26)32(29,30)24(23-10-5-13-31-23)16-27-25(28)15-19-8-4-7-18-6-2-3-9-21(18)19/h2-14,24H,15-16H2,1H3,(H,27,28). The highest BCUT2D eigenvalue weighted by atomic mass is 32.2. The second-order valence-corrected chi connectivity index (χ2v) is 9.71. The highest BCUT2D eigenvalue weighted by Crippen LogP contribution is 2.30. The molecule has 0 aliphatic rings. The molecule has 0 spiro atoms. The third kappa shape index (κ3) is 4.43. The third-order valence-corrected chi connectivity index (χ3v) is 7.47. The maximum atomic E-state index is 13.7. The number of halogens is 1. The molecule has 0 saturated carbocycles. The van der Waals surface area contributed by atoms with Gasteiger partial charge in [0.1, 0.15) is 16.8 Å². The van der Waals surface area contributed by atoms with Crippen molar-refractivity contribution in [1.29, 1.82) is 0 Å². The Balaban J connectivity index is 1.56. The number of sulfone groups is 1. The first-order chi connectivity index (χ1) is 15.4. The van der Waals surface area contributed by atoms with Gasteiger partial charge < -0.3 is 9.73 Å². The van der Waals surface area contributed by atoms with Crippen LogP contribution in [0.2, 0.25) is 0 Å². The summed E-state index contributed by atoms with van der Waals surface area (Å²) in [6, 6.07) is 20.3. The molecule has 1 heterocycles. The van der Waals surface area contributed by atoms with E-state index in [0.717, 1.165) is 22.4 Å². The van der Waals surface area contributed by atoms with Crippen LogP contribution < -0.4 is 5.32 Å². The van der Waals surface area contributed by atoms with Gasteiger partial charge >= 0.3 is 0 Å². The van der Waals surface area contributed by atoms with Crippen molar-refractivity contribution in [2.45, 2.75) is 23.5 Å². The molecule has 164 valence electrons. The molecule has 1 aromatic heterocycles. The van der Waals surface area contributed by atoms with E-state index in [-0.39, 0.29) is 35.1 Å². The van der Waals surface area contributed by atoms with Crippen LogP contribution in [-0.2, 0) is 21.1 Å². The summed E-state index contributed by atoms with van der Waals surface area (Å²) in [6.07, 6.45) is 1.49. The van der Waals surface area contributed by atoms with E-state index < -0.39 is 20.9 Å². The van der Waals surface area contributed by atoms with Crippen molar-refractivity contribution in [3.63, 3.8) is 0 Å². The molecule has 1 unspecified atom stereocenters. The van der Waals surface area contributed by atoms with Crippen LogP contribution in [-0.4, -0.2) is 20.9 Å². The summed E-state index contributed by atoms with van der Waals surface area (Å²) in [4.78, 5) is 12.7. The van der Waals surface area contributed by atoms with Crippen LogP contribution >= 0.6 is 0 Å². The lowest BCUT2D eigenvalue weighted by Gasteiger charge is -2.17. The van der Waals surface area contributed by atoms with Gasteiger partial charge in [-0.1, -0.05) is 42.5 Å². The molecule has 7 heteroatoms. The largest absolute Gasteiger partial charge is 0.468 e. The van der Waals surface area contributed by atoms with Crippen molar-refractivity contribution < 1.29 is 22.0 Å². The van der Waals surface area contributed by atoms with E-state index in [2.05, 4.69) is 5.32 Å². The molecule has 0 fully saturated rings. The van der Waals surface area contributed by atoms with Gasteiger partial charge in [-0.15, -0.1) is 0 Å². The van der Waals surface area contributed by atoms with Gasteiger partial charge in [0.2, 0.25) is 5.91 Å². The molecule has 1 N–H and O–H groups in total. The van der Waals surface area contributed by atoms with Crippen molar-refractivity contribution in [1.82, 2.24) is 5.32 Å². The smallest absolute Gasteiger partial charge is 0.224 e. The Morgan fingerprint density at radius 1 is 1.03 bits per heavy atom. The van der Waals surface area contributed by atoms with Gasteiger partial charge in [0.05, 0.1) is 17.6 Å². The Labute approximate surface area is 185 Å². The van der Waals surface area contributed by atoms with Crippen molar-refractivity contribution in [2.75, 3.05) is 6.54 Å². The number of amides is 1. The maximum absolute atomic E-state index is 13.7. The van der Waals surface area contributed by atoms with Crippen LogP contribution in [0.5, 0.6) is 0 Å². The number of furan rings is 1. The van der Waals surface area contributed by atoms with Gasteiger partial charge in [-0.2, -0.15) is 0 Å². The SMILES string of the molecule is Cc1cc(S(=O)(=O)C(CNC(=O)Cc2cccc3ccccc23)c2ccco2)ccc1F. The predicted octanol–water partition coefficient (Wildman–Crippen LogP) is 4.75. The highest BCUT2D eigenvalue weighted by molar-refractivity contribution is 7.91. The first-order valence-corrected chi connectivity index (χ1v) is 11.7. The Morgan fingerprint density at radius 3 is 2.56 bits per heavy atom. The van der Waals surface area contributed by atoms with Crippen LogP contribution in [0, 0.1) is 12.7 Å². The molecule has 3 aromatic carbocycles. The molecule has 0 radical (unpaired) electrons. The van der Waals surface area contributed by atoms with Crippen LogP contribution in [0.25, 0.3) is 10.8 Å². The molecule has 0 bridgehead atoms. The minimum Gasteiger partial charge on any atom is -0.468 e. The van der Waals surface area contributed by atoms with E-state index in [9.17, 15) is 17.6 Å². The Bertz CT molecular complexity index is 1360. The molecular formula is C25H22FNO4S. The lowest BCUT2D eigenvalue weighted by molar-refractivity contribution is -0.120. The van der Waals surface area contributed by atoms with E-state index in [4.69, 9.17) is 4.42 Å². The van der Waals surface area contributed by atoms with Crippen molar-refractivity contribution in [3.05, 3.63) is 102 Å².